The van der Waals surface area contributed by atoms with E-state index in [4.69, 9.17) is 0 Å². The molecule has 9 aromatic rings. The largest absolute Gasteiger partial charge is 0.504 e. The summed E-state index contributed by atoms with van der Waals surface area (Å²) in [4.78, 5) is 0.502. The third-order valence-electron chi connectivity index (χ3n) is 12.3. The van der Waals surface area contributed by atoms with E-state index in [0.717, 1.165) is 22.3 Å². The van der Waals surface area contributed by atoms with Crippen molar-refractivity contribution >= 4 is 17.1 Å². The van der Waals surface area contributed by atoms with Crippen molar-refractivity contribution in [2.24, 2.45) is 0 Å². The molecule has 19 heteroatoms. The molecule has 9 aromatic carbocycles. The molecule has 0 radical (unpaired) electrons. The minimum atomic E-state index is -1.58. The normalized spacial score (nSPS) is 11.2. The zero-order valence-corrected chi connectivity index (χ0v) is 37.1. The molecule has 0 saturated heterocycles. The van der Waals surface area contributed by atoms with Crippen molar-refractivity contribution in [2.45, 2.75) is 0 Å². The fraction of sp³-hybridized carbons (Fsp3) is 0. The van der Waals surface area contributed by atoms with Gasteiger partial charge >= 0.3 is 0 Å². The Kier molecular flexibility index (Phi) is 11.4. The lowest BCUT2D eigenvalue weighted by molar-refractivity contribution is 0.329. The first kappa shape index (κ1) is 47.3. The van der Waals surface area contributed by atoms with Crippen LogP contribution in [-0.4, -0.2) is 91.9 Å². The lowest BCUT2D eigenvalue weighted by Crippen LogP contribution is -2.12. The fourth-order valence-electron chi connectivity index (χ4n) is 8.53. The van der Waals surface area contributed by atoms with Crippen LogP contribution in [0.5, 0.6) is 103 Å². The highest BCUT2D eigenvalue weighted by molar-refractivity contribution is 6.04. The van der Waals surface area contributed by atoms with Crippen molar-refractivity contribution in [2.75, 3.05) is 4.90 Å². The number of hydrogen-bond donors (Lipinski definition) is 18. The first-order valence-electron chi connectivity index (χ1n) is 21.4. The molecule has 0 spiro atoms. The Labute approximate surface area is 410 Å². The van der Waals surface area contributed by atoms with Crippen LogP contribution in [-0.2, 0) is 0 Å². The number of rotatable bonds is 9. The van der Waals surface area contributed by atoms with Gasteiger partial charge in [0, 0.05) is 5.69 Å². The maximum Gasteiger partial charge on any atom is 0.208 e. The third-order valence-corrected chi connectivity index (χ3v) is 12.3. The molecule has 0 bridgehead atoms. The second-order valence-electron chi connectivity index (χ2n) is 16.5. The Morgan fingerprint density at radius 2 is 0.397 bits per heavy atom. The Bertz CT molecular complexity index is 3340. The number of anilines is 3. The van der Waals surface area contributed by atoms with Gasteiger partial charge in [0.05, 0.1) is 22.3 Å². The zero-order chi connectivity index (χ0) is 52.5. The van der Waals surface area contributed by atoms with Gasteiger partial charge in [-0.2, -0.15) is 0 Å². The highest BCUT2D eigenvalue weighted by atomic mass is 16.4. The number of nitrogens with zero attached hydrogens (tertiary/aromatic N) is 1. The summed E-state index contributed by atoms with van der Waals surface area (Å²) in [6.07, 6.45) is 0. The van der Waals surface area contributed by atoms with Crippen molar-refractivity contribution < 1.29 is 91.9 Å². The zero-order valence-electron chi connectivity index (χ0n) is 37.1. The Balaban J connectivity index is 1.37. The second kappa shape index (κ2) is 17.6. The molecular formula is C54H39NO18. The molecule has 0 saturated carbocycles. The molecule has 0 aliphatic carbocycles. The first-order chi connectivity index (χ1) is 34.7. The van der Waals surface area contributed by atoms with Gasteiger partial charge in [-0.3, -0.25) is 4.90 Å². The van der Waals surface area contributed by atoms with Gasteiger partial charge in [-0.15, -0.1) is 0 Å². The van der Waals surface area contributed by atoms with Gasteiger partial charge in [0.25, 0.3) is 0 Å². The summed E-state index contributed by atoms with van der Waals surface area (Å²) in [5.74, 6) is -27.5. The van der Waals surface area contributed by atoms with E-state index in [1.165, 1.54) is 12.1 Å². The average Bonchev–Trinajstić information content (AvgIpc) is 3.41. The van der Waals surface area contributed by atoms with E-state index < -0.39 is 137 Å². The van der Waals surface area contributed by atoms with Crippen LogP contribution in [0.25, 0.3) is 66.8 Å². The van der Waals surface area contributed by atoms with Crippen molar-refractivity contribution in [3.05, 3.63) is 127 Å². The van der Waals surface area contributed by atoms with E-state index in [2.05, 4.69) is 0 Å². The molecule has 368 valence electrons. The van der Waals surface area contributed by atoms with Crippen molar-refractivity contribution in [3.63, 3.8) is 0 Å². The number of phenols is 18. The summed E-state index contributed by atoms with van der Waals surface area (Å²) in [6.45, 7) is 0. The van der Waals surface area contributed by atoms with Gasteiger partial charge in [-0.1, -0.05) is 109 Å². The second-order valence-corrected chi connectivity index (χ2v) is 16.5. The number of hydrogen-bond acceptors (Lipinski definition) is 19. The van der Waals surface area contributed by atoms with E-state index in [1.807, 2.05) is 60.7 Å². The average molecular weight is 990 g/mol. The van der Waals surface area contributed by atoms with Crippen LogP contribution in [0.4, 0.5) is 17.1 Å². The summed E-state index contributed by atoms with van der Waals surface area (Å²) in [5.41, 5.74) is -2.98. The SMILES string of the molecule is Oc1c(O)c(O)c(-c2c(O)c(O)c(N(c3cc(-c4ccc(-c5ccccc5)cc4)cc(-c4ccc(-c5ccccc5)cc4)c3)c3c(O)c(O)c(-c4c(O)c(O)c(O)c(O)c4O)c(O)c3O)c(O)c2O)c(O)c1O. The third kappa shape index (κ3) is 7.49. The molecular weight excluding hydrogens is 951 g/mol. The van der Waals surface area contributed by atoms with Crippen LogP contribution in [0, 0.1) is 0 Å². The van der Waals surface area contributed by atoms with Crippen LogP contribution in [0.2, 0.25) is 0 Å². The number of phenolic OH excluding ortho intramolecular Hbond substituents is 18. The fourth-order valence-corrected chi connectivity index (χ4v) is 8.53. The van der Waals surface area contributed by atoms with E-state index in [1.54, 1.807) is 54.6 Å². The van der Waals surface area contributed by atoms with Crippen molar-refractivity contribution in [1.82, 2.24) is 0 Å². The quantitative estimate of drug-likeness (QED) is 0.0472. The molecule has 9 rings (SSSR count). The number of benzene rings is 9. The molecule has 0 aromatic heterocycles. The van der Waals surface area contributed by atoms with Gasteiger partial charge < -0.3 is 91.9 Å². The highest BCUT2D eigenvalue weighted by Crippen LogP contribution is 2.68. The molecule has 19 nitrogen and oxygen atoms in total. The molecule has 0 aliphatic rings. The molecule has 18 N–H and O–H groups in total. The minimum absolute atomic E-state index is 0.312. The van der Waals surface area contributed by atoms with Crippen LogP contribution < -0.4 is 4.90 Å². The van der Waals surface area contributed by atoms with E-state index in [0.29, 0.717) is 27.2 Å². The van der Waals surface area contributed by atoms with Crippen molar-refractivity contribution in [1.29, 1.82) is 0 Å². The predicted octanol–water partition coefficient (Wildman–Crippen LogP) is 9.86. The molecule has 0 unspecified atom stereocenters. The summed E-state index contributed by atoms with van der Waals surface area (Å²) in [6, 6.07) is 37.2. The predicted molar refractivity (Wildman–Crippen MR) is 264 cm³/mol. The van der Waals surface area contributed by atoms with E-state index in [-0.39, 0.29) is 5.69 Å². The lowest BCUT2D eigenvalue weighted by atomic mass is 9.93. The first-order valence-corrected chi connectivity index (χ1v) is 21.4. The molecule has 0 amide bonds. The highest BCUT2D eigenvalue weighted by Gasteiger charge is 2.39. The van der Waals surface area contributed by atoms with Crippen molar-refractivity contribution in [3.8, 4) is 170 Å². The van der Waals surface area contributed by atoms with Gasteiger partial charge in [0.2, 0.25) is 34.5 Å². The Hall–Kier alpha value is -10.8. The molecule has 0 atom stereocenters. The van der Waals surface area contributed by atoms with Crippen LogP contribution >= 0.6 is 0 Å². The maximum absolute atomic E-state index is 12.0. The topological polar surface area (TPSA) is 367 Å². The monoisotopic (exact) mass is 989 g/mol. The van der Waals surface area contributed by atoms with E-state index >= 15 is 0 Å². The number of aromatic hydroxyl groups is 18. The molecule has 0 aliphatic heterocycles. The maximum atomic E-state index is 12.0. The standard InChI is InChI=1S/C54H39NO18/c56-37-31(33-41(60)49(68)53(72)50(69)42(33)61)38(57)46(65)35(45(37)64)55(36-47(66)39(58)32(40(59)48(36)67)34-43(62)51(70)54(73)52(71)44(34)63)30-20-28(26-15-11-24(12-16-26)22-7-3-1-4-8-22)19-29(21-30)27-17-13-25(14-18-27)23-9-5-2-6-10-23/h1-21,56-73H. The smallest absolute Gasteiger partial charge is 0.208 e. The van der Waals surface area contributed by atoms with E-state index in [9.17, 15) is 91.9 Å². The van der Waals surface area contributed by atoms with Gasteiger partial charge in [-0.25, -0.2) is 0 Å². The Morgan fingerprint density at radius 1 is 0.192 bits per heavy atom. The van der Waals surface area contributed by atoms with Gasteiger partial charge in [-0.05, 0) is 62.7 Å². The molecule has 73 heavy (non-hydrogen) atoms. The lowest BCUT2D eigenvalue weighted by Gasteiger charge is -2.31. The molecule has 0 fully saturated rings. The minimum Gasteiger partial charge on any atom is -0.504 e. The Morgan fingerprint density at radius 3 is 0.658 bits per heavy atom. The van der Waals surface area contributed by atoms with Crippen LogP contribution in [0.1, 0.15) is 0 Å². The summed E-state index contributed by atoms with van der Waals surface area (Å²) >= 11 is 0. The summed E-state index contributed by atoms with van der Waals surface area (Å²) < 4.78 is 0. The van der Waals surface area contributed by atoms with Gasteiger partial charge in [0.15, 0.2) is 69.0 Å². The summed E-state index contributed by atoms with van der Waals surface area (Å²) in [7, 11) is 0. The summed E-state index contributed by atoms with van der Waals surface area (Å²) in [5, 5.41) is 200. The van der Waals surface area contributed by atoms with Crippen LogP contribution in [0.3, 0.4) is 0 Å². The van der Waals surface area contributed by atoms with Gasteiger partial charge in [0.1, 0.15) is 11.4 Å². The van der Waals surface area contributed by atoms with Crippen LogP contribution in [0.15, 0.2) is 127 Å². The molecule has 0 heterocycles.